The first kappa shape index (κ1) is 14.5. The number of nitrogens with zero attached hydrogens (tertiary/aromatic N) is 4. The Kier molecular flexibility index (Phi) is 4.65. The molecule has 1 saturated heterocycles. The molecule has 0 spiro atoms. The largest absolute Gasteiger partial charge is 0.409 e. The van der Waals surface area contributed by atoms with Gasteiger partial charge in [-0.3, -0.25) is 9.88 Å². The molecule has 0 radical (unpaired) electrons. The number of benzene rings is 1. The van der Waals surface area contributed by atoms with Gasteiger partial charge in [0.05, 0.1) is 0 Å². The Morgan fingerprint density at radius 3 is 2.45 bits per heavy atom. The maximum atomic E-state index is 9.34. The highest BCUT2D eigenvalue weighted by Gasteiger charge is 2.21. The van der Waals surface area contributed by atoms with Crippen LogP contribution in [0.3, 0.4) is 0 Å². The predicted molar refractivity (Wildman–Crippen MR) is 85.9 cm³/mol. The molecule has 1 aromatic heterocycles. The first-order valence-corrected chi connectivity index (χ1v) is 7.50. The van der Waals surface area contributed by atoms with Gasteiger partial charge < -0.3 is 10.1 Å². The van der Waals surface area contributed by atoms with Crippen molar-refractivity contribution >= 4 is 5.84 Å². The number of piperazine rings is 1. The van der Waals surface area contributed by atoms with Crippen LogP contribution in [-0.2, 0) is 6.54 Å². The Balaban J connectivity index is 1.59. The monoisotopic (exact) mass is 296 g/mol. The summed E-state index contributed by atoms with van der Waals surface area (Å²) in [4.78, 5) is 8.62. The van der Waals surface area contributed by atoms with Crippen LogP contribution in [-0.4, -0.2) is 52.0 Å². The topological polar surface area (TPSA) is 52.0 Å². The molecule has 2 heterocycles. The number of rotatable bonds is 3. The van der Waals surface area contributed by atoms with E-state index >= 15 is 0 Å². The van der Waals surface area contributed by atoms with E-state index in [4.69, 9.17) is 0 Å². The molecule has 1 aliphatic rings. The molecule has 3 rings (SSSR count). The Morgan fingerprint density at radius 2 is 1.82 bits per heavy atom. The highest BCUT2D eigenvalue weighted by molar-refractivity contribution is 5.98. The molecule has 0 amide bonds. The van der Waals surface area contributed by atoms with E-state index in [0.29, 0.717) is 5.84 Å². The summed E-state index contributed by atoms with van der Waals surface area (Å²) < 4.78 is 0. The molecule has 0 atom stereocenters. The zero-order valence-electron chi connectivity index (χ0n) is 12.5. The number of oxime groups is 1. The van der Waals surface area contributed by atoms with Crippen LogP contribution in [0.2, 0.25) is 0 Å². The predicted octanol–water partition coefficient (Wildman–Crippen LogP) is 2.04. The van der Waals surface area contributed by atoms with Gasteiger partial charge in [0, 0.05) is 50.7 Å². The summed E-state index contributed by atoms with van der Waals surface area (Å²) >= 11 is 0. The second kappa shape index (κ2) is 7.04. The molecule has 1 fully saturated rings. The molecule has 5 heteroatoms. The van der Waals surface area contributed by atoms with Gasteiger partial charge in [0.1, 0.15) is 0 Å². The molecule has 22 heavy (non-hydrogen) atoms. The fraction of sp³-hybridized carbons (Fsp3) is 0.294. The summed E-state index contributed by atoms with van der Waals surface area (Å²) in [5.41, 5.74) is 2.18. The SMILES string of the molecule is O/N=C(/c1cccnc1)N1CCN(Cc2ccccc2)CC1. The molecule has 1 aliphatic heterocycles. The van der Waals surface area contributed by atoms with Crippen molar-refractivity contribution in [2.75, 3.05) is 26.2 Å². The zero-order valence-corrected chi connectivity index (χ0v) is 12.5. The first-order chi connectivity index (χ1) is 10.9. The Labute approximate surface area is 130 Å². The maximum Gasteiger partial charge on any atom is 0.176 e. The van der Waals surface area contributed by atoms with Crippen molar-refractivity contribution in [3.05, 3.63) is 66.0 Å². The van der Waals surface area contributed by atoms with Crippen LogP contribution < -0.4 is 0 Å². The van der Waals surface area contributed by atoms with Crippen molar-refractivity contribution in [1.82, 2.24) is 14.8 Å². The molecule has 1 aromatic carbocycles. The molecule has 2 aromatic rings. The summed E-state index contributed by atoms with van der Waals surface area (Å²) in [5.74, 6) is 0.604. The Hall–Kier alpha value is -2.40. The minimum Gasteiger partial charge on any atom is -0.409 e. The van der Waals surface area contributed by atoms with Gasteiger partial charge in [0.2, 0.25) is 0 Å². The number of aromatic nitrogens is 1. The smallest absolute Gasteiger partial charge is 0.176 e. The van der Waals surface area contributed by atoms with Crippen molar-refractivity contribution in [1.29, 1.82) is 0 Å². The van der Waals surface area contributed by atoms with Crippen LogP contribution in [0, 0.1) is 0 Å². The van der Waals surface area contributed by atoms with Crippen molar-refractivity contribution in [3.8, 4) is 0 Å². The molecule has 114 valence electrons. The van der Waals surface area contributed by atoms with E-state index in [1.807, 2.05) is 18.2 Å². The van der Waals surface area contributed by atoms with Crippen molar-refractivity contribution in [2.45, 2.75) is 6.54 Å². The second-order valence-electron chi connectivity index (χ2n) is 5.41. The van der Waals surface area contributed by atoms with Gasteiger partial charge in [-0.2, -0.15) is 0 Å². The lowest BCUT2D eigenvalue weighted by Gasteiger charge is -2.36. The van der Waals surface area contributed by atoms with E-state index in [0.717, 1.165) is 38.3 Å². The average molecular weight is 296 g/mol. The van der Waals surface area contributed by atoms with Crippen molar-refractivity contribution in [3.63, 3.8) is 0 Å². The number of pyridine rings is 1. The van der Waals surface area contributed by atoms with Gasteiger partial charge in [0.25, 0.3) is 0 Å². The summed E-state index contributed by atoms with van der Waals surface area (Å²) in [6.07, 6.45) is 3.45. The first-order valence-electron chi connectivity index (χ1n) is 7.50. The van der Waals surface area contributed by atoms with Crippen LogP contribution >= 0.6 is 0 Å². The van der Waals surface area contributed by atoms with Gasteiger partial charge in [-0.25, -0.2) is 0 Å². The minimum atomic E-state index is 0.604. The summed E-state index contributed by atoms with van der Waals surface area (Å²) in [5, 5.41) is 12.8. The molecule has 5 nitrogen and oxygen atoms in total. The van der Waals surface area contributed by atoms with E-state index in [-0.39, 0.29) is 0 Å². The van der Waals surface area contributed by atoms with Gasteiger partial charge in [0.15, 0.2) is 5.84 Å². The normalized spacial score (nSPS) is 16.7. The van der Waals surface area contributed by atoms with Crippen molar-refractivity contribution < 1.29 is 5.21 Å². The number of hydrogen-bond acceptors (Lipinski definition) is 4. The van der Waals surface area contributed by atoms with Crippen molar-refractivity contribution in [2.24, 2.45) is 5.16 Å². The van der Waals surface area contributed by atoms with Gasteiger partial charge >= 0.3 is 0 Å². The van der Waals surface area contributed by atoms with E-state index in [1.165, 1.54) is 5.56 Å². The summed E-state index contributed by atoms with van der Waals surface area (Å²) in [7, 11) is 0. The van der Waals surface area contributed by atoms with Crippen LogP contribution in [0.25, 0.3) is 0 Å². The third kappa shape index (κ3) is 3.43. The highest BCUT2D eigenvalue weighted by atomic mass is 16.4. The second-order valence-corrected chi connectivity index (χ2v) is 5.41. The van der Waals surface area contributed by atoms with Gasteiger partial charge in [-0.15, -0.1) is 0 Å². The molecule has 0 aliphatic carbocycles. The van der Waals surface area contributed by atoms with E-state index < -0.39 is 0 Å². The zero-order chi connectivity index (χ0) is 15.2. The van der Waals surface area contributed by atoms with E-state index in [2.05, 4.69) is 44.2 Å². The highest BCUT2D eigenvalue weighted by Crippen LogP contribution is 2.11. The molecular weight excluding hydrogens is 276 g/mol. The standard InChI is InChI=1S/C17H20N4O/c22-19-17(16-7-4-8-18-13-16)21-11-9-20(10-12-21)14-15-5-2-1-3-6-15/h1-8,13,22H,9-12,14H2/b19-17-. The maximum absolute atomic E-state index is 9.34. The fourth-order valence-electron chi connectivity index (χ4n) is 2.76. The number of amidine groups is 1. The van der Waals surface area contributed by atoms with Crippen LogP contribution in [0.5, 0.6) is 0 Å². The average Bonchev–Trinajstić information content (AvgIpc) is 2.59. The molecule has 0 bridgehead atoms. The van der Waals surface area contributed by atoms with Crippen LogP contribution in [0.4, 0.5) is 0 Å². The molecular formula is C17H20N4O. The van der Waals surface area contributed by atoms with Gasteiger partial charge in [-0.05, 0) is 17.7 Å². The third-order valence-electron chi connectivity index (χ3n) is 3.94. The number of hydrogen-bond donors (Lipinski definition) is 1. The summed E-state index contributed by atoms with van der Waals surface area (Å²) in [6, 6.07) is 14.3. The van der Waals surface area contributed by atoms with Crippen LogP contribution in [0.15, 0.2) is 60.0 Å². The quantitative estimate of drug-likeness (QED) is 0.407. The lowest BCUT2D eigenvalue weighted by atomic mass is 10.2. The summed E-state index contributed by atoms with van der Waals surface area (Å²) in [6.45, 7) is 4.57. The minimum absolute atomic E-state index is 0.604. The molecule has 1 N–H and O–H groups in total. The molecule has 0 unspecified atom stereocenters. The Morgan fingerprint density at radius 1 is 1.05 bits per heavy atom. The Bertz CT molecular complexity index is 607. The fourth-order valence-corrected chi connectivity index (χ4v) is 2.76. The lowest BCUT2D eigenvalue weighted by molar-refractivity contribution is 0.171. The lowest BCUT2D eigenvalue weighted by Crippen LogP contribution is -2.48. The molecule has 0 saturated carbocycles. The van der Waals surface area contributed by atoms with E-state index in [1.54, 1.807) is 12.4 Å². The van der Waals surface area contributed by atoms with Gasteiger partial charge in [-0.1, -0.05) is 35.5 Å². The third-order valence-corrected chi connectivity index (χ3v) is 3.94. The van der Waals surface area contributed by atoms with Crippen LogP contribution in [0.1, 0.15) is 11.1 Å². The van der Waals surface area contributed by atoms with E-state index in [9.17, 15) is 5.21 Å².